The van der Waals surface area contributed by atoms with E-state index in [2.05, 4.69) is 4.99 Å². The minimum Gasteiger partial charge on any atom is -0.292 e. The van der Waals surface area contributed by atoms with Crippen molar-refractivity contribution in [1.29, 1.82) is 0 Å². The second-order valence-electron chi connectivity index (χ2n) is 3.19. The van der Waals surface area contributed by atoms with Gasteiger partial charge in [0.15, 0.2) is 5.78 Å². The van der Waals surface area contributed by atoms with Crippen molar-refractivity contribution in [2.75, 3.05) is 6.54 Å². The van der Waals surface area contributed by atoms with Crippen LogP contribution in [0.3, 0.4) is 0 Å². The Morgan fingerprint density at radius 3 is 2.62 bits per heavy atom. The van der Waals surface area contributed by atoms with Crippen LogP contribution in [0.5, 0.6) is 0 Å². The maximum Gasteiger partial charge on any atom is 0.184 e. The van der Waals surface area contributed by atoms with Crippen LogP contribution < -0.4 is 0 Å². The molecule has 0 heterocycles. The zero-order valence-corrected chi connectivity index (χ0v) is 9.34. The molecular weight excluding hydrogens is 198 g/mol. The second-order valence-corrected chi connectivity index (χ2v) is 3.19. The van der Waals surface area contributed by atoms with E-state index in [-0.39, 0.29) is 12.3 Å². The van der Waals surface area contributed by atoms with E-state index in [4.69, 9.17) is 0 Å². The molecule has 0 saturated carbocycles. The molecule has 0 aliphatic carbocycles. The summed E-state index contributed by atoms with van der Waals surface area (Å²) in [5, 5.41) is 0. The SMILES string of the molecule is C/C=C\C=C/C=NCC(=O)c1ccccc1. The first-order chi connectivity index (χ1) is 7.84. The third kappa shape index (κ3) is 4.51. The van der Waals surface area contributed by atoms with Crippen molar-refractivity contribution in [3.05, 3.63) is 60.2 Å². The number of Topliss-reactive ketones (excluding diaryl/α,β-unsaturated/α-hetero) is 1. The first kappa shape index (κ1) is 12.1. The van der Waals surface area contributed by atoms with Crippen molar-refractivity contribution in [1.82, 2.24) is 0 Å². The van der Waals surface area contributed by atoms with Crippen molar-refractivity contribution in [2.45, 2.75) is 6.92 Å². The third-order valence-electron chi connectivity index (χ3n) is 1.94. The highest BCUT2D eigenvalue weighted by Crippen LogP contribution is 1.99. The molecule has 0 N–H and O–H groups in total. The normalized spacial score (nSPS) is 11.8. The van der Waals surface area contributed by atoms with Crippen LogP contribution >= 0.6 is 0 Å². The van der Waals surface area contributed by atoms with E-state index in [0.717, 1.165) is 0 Å². The molecule has 0 saturated heterocycles. The lowest BCUT2D eigenvalue weighted by atomic mass is 10.1. The Balaban J connectivity index is 2.42. The van der Waals surface area contributed by atoms with E-state index >= 15 is 0 Å². The van der Waals surface area contributed by atoms with Gasteiger partial charge in [0.05, 0.1) is 0 Å². The van der Waals surface area contributed by atoms with Gasteiger partial charge in [-0.05, 0) is 13.0 Å². The van der Waals surface area contributed by atoms with E-state index in [1.165, 1.54) is 0 Å². The molecule has 2 heteroatoms. The van der Waals surface area contributed by atoms with Crippen LogP contribution in [-0.4, -0.2) is 18.5 Å². The predicted octanol–water partition coefficient (Wildman–Crippen LogP) is 3.07. The summed E-state index contributed by atoms with van der Waals surface area (Å²) in [6.45, 7) is 2.14. The van der Waals surface area contributed by atoms with E-state index in [1.54, 1.807) is 24.4 Å². The molecule has 0 atom stereocenters. The zero-order chi connectivity index (χ0) is 11.6. The van der Waals surface area contributed by atoms with Gasteiger partial charge in [0.2, 0.25) is 0 Å². The van der Waals surface area contributed by atoms with Crippen molar-refractivity contribution < 1.29 is 4.79 Å². The van der Waals surface area contributed by atoms with Gasteiger partial charge in [-0.25, -0.2) is 0 Å². The molecule has 0 radical (unpaired) electrons. The lowest BCUT2D eigenvalue weighted by Gasteiger charge is -1.95. The van der Waals surface area contributed by atoms with Crippen LogP contribution in [0.25, 0.3) is 0 Å². The number of benzene rings is 1. The zero-order valence-electron chi connectivity index (χ0n) is 9.34. The fourth-order valence-corrected chi connectivity index (χ4v) is 1.14. The van der Waals surface area contributed by atoms with Crippen LogP contribution in [0.1, 0.15) is 17.3 Å². The molecule has 1 aromatic rings. The largest absolute Gasteiger partial charge is 0.292 e. The minimum absolute atomic E-state index is 0.0382. The summed E-state index contributed by atoms with van der Waals surface area (Å²) in [5.41, 5.74) is 0.706. The molecule has 16 heavy (non-hydrogen) atoms. The number of hydrogen-bond donors (Lipinski definition) is 0. The number of nitrogens with zero attached hydrogens (tertiary/aromatic N) is 1. The molecule has 0 aliphatic rings. The number of allylic oxidation sites excluding steroid dienone is 4. The standard InChI is InChI=1S/C14H15NO/c1-2-3-4-8-11-15-12-14(16)13-9-6-5-7-10-13/h2-11H,12H2,1H3/b3-2-,8-4-,15-11?. The van der Waals surface area contributed by atoms with Gasteiger partial charge in [0.1, 0.15) is 6.54 Å². The van der Waals surface area contributed by atoms with Crippen molar-refractivity contribution in [2.24, 2.45) is 4.99 Å². The summed E-state index contributed by atoms with van der Waals surface area (Å²) >= 11 is 0. The molecule has 0 amide bonds. The fourth-order valence-electron chi connectivity index (χ4n) is 1.14. The smallest absolute Gasteiger partial charge is 0.184 e. The van der Waals surface area contributed by atoms with Gasteiger partial charge >= 0.3 is 0 Å². The number of hydrogen-bond acceptors (Lipinski definition) is 2. The number of rotatable bonds is 5. The molecular formula is C14H15NO. The molecule has 1 rings (SSSR count). The molecule has 82 valence electrons. The molecule has 0 fully saturated rings. The number of carbonyl (C=O) groups is 1. The van der Waals surface area contributed by atoms with E-state index in [0.29, 0.717) is 5.56 Å². The first-order valence-corrected chi connectivity index (χ1v) is 5.20. The number of ketones is 1. The summed E-state index contributed by atoms with van der Waals surface area (Å²) in [4.78, 5) is 15.6. The van der Waals surface area contributed by atoms with E-state index in [9.17, 15) is 4.79 Å². The third-order valence-corrected chi connectivity index (χ3v) is 1.94. The van der Waals surface area contributed by atoms with Crippen LogP contribution in [0.2, 0.25) is 0 Å². The average molecular weight is 213 g/mol. The van der Waals surface area contributed by atoms with Crippen molar-refractivity contribution in [3.63, 3.8) is 0 Å². The Morgan fingerprint density at radius 2 is 1.94 bits per heavy atom. The van der Waals surface area contributed by atoms with E-state index in [1.807, 2.05) is 43.4 Å². The second kappa shape index (κ2) is 7.35. The number of carbonyl (C=O) groups excluding carboxylic acids is 1. The lowest BCUT2D eigenvalue weighted by molar-refractivity contribution is 0.100. The number of aliphatic imine (C=N–C) groups is 1. The summed E-state index contributed by atoms with van der Waals surface area (Å²) < 4.78 is 0. The Bertz CT molecular complexity index is 402. The Hall–Kier alpha value is -1.96. The van der Waals surface area contributed by atoms with Crippen LogP contribution in [0, 0.1) is 0 Å². The van der Waals surface area contributed by atoms with E-state index < -0.39 is 0 Å². The Morgan fingerprint density at radius 1 is 1.19 bits per heavy atom. The summed E-state index contributed by atoms with van der Waals surface area (Å²) in [7, 11) is 0. The predicted molar refractivity (Wildman–Crippen MR) is 68.1 cm³/mol. The topological polar surface area (TPSA) is 29.4 Å². The average Bonchev–Trinajstić information content (AvgIpc) is 2.34. The van der Waals surface area contributed by atoms with Gasteiger partial charge in [0, 0.05) is 11.8 Å². The van der Waals surface area contributed by atoms with Crippen molar-refractivity contribution >= 4 is 12.0 Å². The molecule has 0 bridgehead atoms. The van der Waals surface area contributed by atoms with Crippen molar-refractivity contribution in [3.8, 4) is 0 Å². The van der Waals surface area contributed by atoms with Gasteiger partial charge in [-0.15, -0.1) is 0 Å². The quantitative estimate of drug-likeness (QED) is 0.420. The van der Waals surface area contributed by atoms with Gasteiger partial charge < -0.3 is 0 Å². The summed E-state index contributed by atoms with van der Waals surface area (Å²) in [6.07, 6.45) is 9.15. The van der Waals surface area contributed by atoms with Crippen LogP contribution in [0.4, 0.5) is 0 Å². The molecule has 0 aromatic heterocycles. The highest BCUT2D eigenvalue weighted by Gasteiger charge is 2.01. The Kier molecular flexibility index (Phi) is 5.56. The Labute approximate surface area is 96.0 Å². The maximum atomic E-state index is 11.6. The fraction of sp³-hybridized carbons (Fsp3) is 0.143. The van der Waals surface area contributed by atoms with Crippen LogP contribution in [-0.2, 0) is 0 Å². The monoisotopic (exact) mass is 213 g/mol. The molecule has 0 aliphatic heterocycles. The van der Waals surface area contributed by atoms with Gasteiger partial charge in [-0.2, -0.15) is 0 Å². The molecule has 2 nitrogen and oxygen atoms in total. The highest BCUT2D eigenvalue weighted by atomic mass is 16.1. The van der Waals surface area contributed by atoms with Crippen LogP contribution in [0.15, 0.2) is 59.6 Å². The molecule has 1 aromatic carbocycles. The van der Waals surface area contributed by atoms with Gasteiger partial charge in [0.25, 0.3) is 0 Å². The van der Waals surface area contributed by atoms with Gasteiger partial charge in [-0.1, -0.05) is 48.6 Å². The molecule has 0 unspecified atom stereocenters. The first-order valence-electron chi connectivity index (χ1n) is 5.20. The molecule has 0 spiro atoms. The maximum absolute atomic E-state index is 11.6. The highest BCUT2D eigenvalue weighted by molar-refractivity contribution is 5.98. The minimum atomic E-state index is 0.0382. The lowest BCUT2D eigenvalue weighted by Crippen LogP contribution is -2.02. The van der Waals surface area contributed by atoms with Gasteiger partial charge in [-0.3, -0.25) is 9.79 Å². The summed E-state index contributed by atoms with van der Waals surface area (Å²) in [5.74, 6) is 0.0382. The summed E-state index contributed by atoms with van der Waals surface area (Å²) in [6, 6.07) is 9.19.